The predicted octanol–water partition coefficient (Wildman–Crippen LogP) is 9.54. The summed E-state index contributed by atoms with van der Waals surface area (Å²) < 4.78 is 6.06. The molecule has 2 N–H and O–H groups in total. The van der Waals surface area contributed by atoms with Crippen LogP contribution in [0.25, 0.3) is 0 Å². The molecule has 0 aliphatic carbocycles. The van der Waals surface area contributed by atoms with E-state index in [2.05, 4.69) is 20.8 Å². The molecule has 0 heterocycles. The number of aromatic hydroxyl groups is 1. The van der Waals surface area contributed by atoms with Gasteiger partial charge in [0.2, 0.25) is 0 Å². The van der Waals surface area contributed by atoms with Crippen molar-refractivity contribution >= 4 is 11.7 Å². The second-order valence-corrected chi connectivity index (χ2v) is 10.6. The normalized spacial score (nSPS) is 11.1. The van der Waals surface area contributed by atoms with Gasteiger partial charge in [0.15, 0.2) is 17.1 Å². The summed E-state index contributed by atoms with van der Waals surface area (Å²) in [6, 6.07) is 0. The Hall–Kier alpha value is -2.31. The van der Waals surface area contributed by atoms with Gasteiger partial charge in [-0.2, -0.15) is 0 Å². The molecule has 38 heavy (non-hydrogen) atoms. The minimum Gasteiger partial charge on any atom is -0.503 e. The van der Waals surface area contributed by atoms with Gasteiger partial charge in [0.1, 0.15) is 0 Å². The quantitative estimate of drug-likeness (QED) is 0.0774. The zero-order valence-electron chi connectivity index (χ0n) is 24.3. The van der Waals surface area contributed by atoms with Crippen LogP contribution in [-0.2, 0) is 12.8 Å². The molecule has 0 saturated heterocycles. The van der Waals surface area contributed by atoms with Crippen LogP contribution in [0, 0.1) is 10.1 Å². The molecule has 218 valence electrons. The van der Waals surface area contributed by atoms with Crippen molar-refractivity contribution in [3.63, 3.8) is 0 Å². The van der Waals surface area contributed by atoms with Gasteiger partial charge in [-0.05, 0) is 32.1 Å². The molecule has 1 aromatic carbocycles. The molecule has 0 aliphatic heterocycles. The molecule has 1 rings (SSSR count). The van der Waals surface area contributed by atoms with Crippen LogP contribution in [0.2, 0.25) is 0 Å². The number of benzene rings is 1. The number of nitro groups is 1. The van der Waals surface area contributed by atoms with E-state index in [1.165, 1.54) is 32.1 Å². The lowest BCUT2D eigenvalue weighted by atomic mass is 9.90. The number of nitro benzene ring substituents is 1. The Morgan fingerprint density at radius 3 is 1.58 bits per heavy atom. The zero-order valence-corrected chi connectivity index (χ0v) is 24.3. The summed E-state index contributed by atoms with van der Waals surface area (Å²) in [4.78, 5) is 23.7. The lowest BCUT2D eigenvalue weighted by molar-refractivity contribution is -0.386. The molecule has 0 bridgehead atoms. The van der Waals surface area contributed by atoms with Gasteiger partial charge < -0.3 is 14.9 Å². The minimum atomic E-state index is -1.49. The largest absolute Gasteiger partial charge is 0.503 e. The molecule has 0 aliphatic rings. The van der Waals surface area contributed by atoms with Crippen molar-refractivity contribution in [2.75, 3.05) is 6.61 Å². The first kappa shape index (κ1) is 33.7. The highest BCUT2D eigenvalue weighted by Crippen LogP contribution is 2.45. The zero-order chi connectivity index (χ0) is 28.2. The number of hydrogen-bond donors (Lipinski definition) is 2. The van der Waals surface area contributed by atoms with E-state index in [1.807, 2.05) is 0 Å². The van der Waals surface area contributed by atoms with E-state index in [9.17, 15) is 25.1 Å². The highest BCUT2D eigenvalue weighted by molar-refractivity contribution is 5.98. The maximum Gasteiger partial charge on any atom is 0.346 e. The molecule has 7 heteroatoms. The van der Waals surface area contributed by atoms with Crippen molar-refractivity contribution in [1.29, 1.82) is 0 Å². The summed E-state index contributed by atoms with van der Waals surface area (Å²) in [7, 11) is 0. The van der Waals surface area contributed by atoms with Gasteiger partial charge in [-0.3, -0.25) is 10.1 Å². The number of aromatic carboxylic acids is 1. The third kappa shape index (κ3) is 12.0. The van der Waals surface area contributed by atoms with Crippen molar-refractivity contribution in [3.05, 3.63) is 26.8 Å². The topological polar surface area (TPSA) is 110 Å². The Balaban J connectivity index is 3.26. The van der Waals surface area contributed by atoms with Gasteiger partial charge in [0, 0.05) is 11.1 Å². The standard InChI is InChI=1S/C31H53NO6/c1-4-7-10-13-16-19-22-25-26(23-20-17-14-11-8-5-2)30(38-24-21-18-15-12-9-6-3)29(33)27(31(34)35)28(25)32(36)37/h33H,4-24H2,1-3H3,(H,34,35). The van der Waals surface area contributed by atoms with Crippen LogP contribution in [-0.4, -0.2) is 27.7 Å². The van der Waals surface area contributed by atoms with E-state index >= 15 is 0 Å². The fourth-order valence-corrected chi connectivity index (χ4v) is 5.11. The molecule has 0 aromatic heterocycles. The third-order valence-electron chi connectivity index (χ3n) is 7.31. The summed E-state index contributed by atoms with van der Waals surface area (Å²) >= 11 is 0. The number of rotatable bonds is 24. The van der Waals surface area contributed by atoms with Gasteiger partial charge >= 0.3 is 5.97 Å². The van der Waals surface area contributed by atoms with Crippen LogP contribution in [0.5, 0.6) is 11.5 Å². The monoisotopic (exact) mass is 535 g/mol. The van der Waals surface area contributed by atoms with Gasteiger partial charge in [-0.15, -0.1) is 0 Å². The van der Waals surface area contributed by atoms with E-state index in [0.717, 1.165) is 83.5 Å². The average Bonchev–Trinajstić information content (AvgIpc) is 2.88. The van der Waals surface area contributed by atoms with Crippen molar-refractivity contribution < 1.29 is 24.7 Å². The number of carboxylic acids is 1. The predicted molar refractivity (Wildman–Crippen MR) is 155 cm³/mol. The lowest BCUT2D eigenvalue weighted by Gasteiger charge is -2.20. The van der Waals surface area contributed by atoms with Crippen molar-refractivity contribution in [1.82, 2.24) is 0 Å². The molecule has 7 nitrogen and oxygen atoms in total. The van der Waals surface area contributed by atoms with Crippen molar-refractivity contribution in [2.24, 2.45) is 0 Å². The smallest absolute Gasteiger partial charge is 0.346 e. The number of nitrogens with zero attached hydrogens (tertiary/aromatic N) is 1. The number of carbonyl (C=O) groups is 1. The Morgan fingerprint density at radius 2 is 1.13 bits per heavy atom. The summed E-state index contributed by atoms with van der Waals surface area (Å²) in [6.45, 7) is 6.87. The number of ether oxygens (including phenoxy) is 1. The molecular weight excluding hydrogens is 482 g/mol. The van der Waals surface area contributed by atoms with Crippen LogP contribution in [0.3, 0.4) is 0 Å². The van der Waals surface area contributed by atoms with Gasteiger partial charge in [0.25, 0.3) is 5.69 Å². The minimum absolute atomic E-state index is 0.149. The molecule has 0 fully saturated rings. The van der Waals surface area contributed by atoms with Crippen LogP contribution >= 0.6 is 0 Å². The van der Waals surface area contributed by atoms with Gasteiger partial charge in [-0.25, -0.2) is 4.79 Å². The van der Waals surface area contributed by atoms with E-state index in [1.54, 1.807) is 0 Å². The summed E-state index contributed by atoms with van der Waals surface area (Å²) in [5.41, 5.74) is -0.0292. The lowest BCUT2D eigenvalue weighted by Crippen LogP contribution is -2.13. The number of hydrogen-bond acceptors (Lipinski definition) is 5. The van der Waals surface area contributed by atoms with Crippen molar-refractivity contribution in [2.45, 2.75) is 149 Å². The molecule has 0 spiro atoms. The van der Waals surface area contributed by atoms with Crippen LogP contribution in [0.4, 0.5) is 5.69 Å². The Labute approximate surface area is 230 Å². The van der Waals surface area contributed by atoms with Crippen LogP contribution in [0.1, 0.15) is 158 Å². The first-order chi connectivity index (χ1) is 18.4. The average molecular weight is 536 g/mol. The number of unbranched alkanes of at least 4 members (excludes halogenated alkanes) is 15. The third-order valence-corrected chi connectivity index (χ3v) is 7.31. The van der Waals surface area contributed by atoms with E-state index in [4.69, 9.17) is 4.74 Å². The highest BCUT2D eigenvalue weighted by atomic mass is 16.6. The maximum atomic E-state index is 12.2. The van der Waals surface area contributed by atoms with E-state index < -0.39 is 27.9 Å². The number of carboxylic acid groups (broad SMARTS) is 1. The first-order valence-electron chi connectivity index (χ1n) is 15.3. The number of phenols is 1. The molecule has 0 radical (unpaired) electrons. The Morgan fingerprint density at radius 1 is 0.711 bits per heavy atom. The summed E-state index contributed by atoms with van der Waals surface area (Å²) in [6.07, 6.45) is 20.0. The van der Waals surface area contributed by atoms with E-state index in [0.29, 0.717) is 30.6 Å². The molecular formula is C31H53NO6. The summed E-state index contributed by atoms with van der Waals surface area (Å²) in [5.74, 6) is -1.94. The highest BCUT2D eigenvalue weighted by Gasteiger charge is 2.35. The fourth-order valence-electron chi connectivity index (χ4n) is 5.11. The fraction of sp³-hybridized carbons (Fsp3) is 0.774. The second-order valence-electron chi connectivity index (χ2n) is 10.6. The van der Waals surface area contributed by atoms with Crippen LogP contribution in [0.15, 0.2) is 0 Å². The van der Waals surface area contributed by atoms with Gasteiger partial charge in [-0.1, -0.05) is 117 Å². The van der Waals surface area contributed by atoms with Crippen molar-refractivity contribution in [3.8, 4) is 11.5 Å². The van der Waals surface area contributed by atoms with Gasteiger partial charge in [0.05, 0.1) is 11.5 Å². The van der Waals surface area contributed by atoms with E-state index in [-0.39, 0.29) is 5.75 Å². The van der Waals surface area contributed by atoms with Crippen LogP contribution < -0.4 is 4.74 Å². The maximum absolute atomic E-state index is 12.2. The summed E-state index contributed by atoms with van der Waals surface area (Å²) in [5, 5.41) is 33.0. The second kappa shape index (κ2) is 20.6. The first-order valence-corrected chi connectivity index (χ1v) is 15.3. The Bertz CT molecular complexity index is 823. The Kier molecular flexibility index (Phi) is 18.3. The molecule has 0 saturated carbocycles. The SMILES string of the molecule is CCCCCCCCOc1c(O)c(C(=O)O)c([N+](=O)[O-])c(CCCCCCCC)c1CCCCCCCC. The molecule has 1 aromatic rings. The molecule has 0 amide bonds. The molecule has 0 unspecified atom stereocenters. The molecule has 0 atom stereocenters.